The largest absolute Gasteiger partial charge is 0.407 e. The van der Waals surface area contributed by atoms with Crippen LogP contribution in [0, 0.1) is 0 Å². The minimum absolute atomic E-state index is 0.000506. The third kappa shape index (κ3) is 5.60. The molecule has 0 N–H and O–H groups in total. The summed E-state index contributed by atoms with van der Waals surface area (Å²) >= 11 is 0. The van der Waals surface area contributed by atoms with Gasteiger partial charge in [-0.15, -0.1) is 0 Å². The highest BCUT2D eigenvalue weighted by atomic mass is 28.4. The molecule has 2 aliphatic rings. The number of ether oxygens (including phenoxy) is 1. The fraction of sp³-hybridized carbons (Fsp3) is 0.528. The number of fused-ring (bicyclic) bond motifs is 2. The Labute approximate surface area is 276 Å². The zero-order valence-electron chi connectivity index (χ0n) is 29.3. The molecule has 2 saturated heterocycles. The van der Waals surface area contributed by atoms with Gasteiger partial charge in [-0.25, -0.2) is 15.0 Å². The van der Waals surface area contributed by atoms with Crippen LogP contribution in [0.25, 0.3) is 33.5 Å². The Kier molecular flexibility index (Phi) is 8.26. The van der Waals surface area contributed by atoms with Crippen molar-refractivity contribution in [2.75, 3.05) is 6.61 Å². The molecule has 10 heteroatoms. The number of nitrogens with zero attached hydrogens (tertiary/aromatic N) is 4. The van der Waals surface area contributed by atoms with Crippen molar-refractivity contribution in [1.82, 2.24) is 19.5 Å². The zero-order valence-corrected chi connectivity index (χ0v) is 31.3. The number of rotatable bonds is 5. The monoisotopic (exact) mass is 658 g/mol. The summed E-state index contributed by atoms with van der Waals surface area (Å²) in [7, 11) is -5.04. The van der Waals surface area contributed by atoms with Gasteiger partial charge in [-0.05, 0) is 35.3 Å². The molecule has 6 rings (SSSR count). The molecule has 4 atom stereocenters. The van der Waals surface area contributed by atoms with Crippen molar-refractivity contribution in [3.05, 3.63) is 67.3 Å². The topological polar surface area (TPSA) is 80.5 Å². The first-order chi connectivity index (χ1) is 21.4. The van der Waals surface area contributed by atoms with Crippen molar-refractivity contribution in [2.45, 2.75) is 115 Å². The number of imidazole rings is 1. The van der Waals surface area contributed by atoms with Gasteiger partial charge in [0.2, 0.25) is 0 Å². The lowest BCUT2D eigenvalue weighted by Crippen LogP contribution is -2.66. The molecule has 246 valence electrons. The Morgan fingerprint density at radius 3 is 2.13 bits per heavy atom. The maximum absolute atomic E-state index is 7.31. The van der Waals surface area contributed by atoms with Gasteiger partial charge in [0.15, 0.2) is 20.2 Å². The molecule has 8 nitrogen and oxygen atoms in total. The molecule has 0 saturated carbocycles. The summed E-state index contributed by atoms with van der Waals surface area (Å²) in [6, 6.07) is 18.8. The van der Waals surface area contributed by atoms with Crippen LogP contribution in [0.4, 0.5) is 0 Å². The Morgan fingerprint density at radius 1 is 0.826 bits per heavy atom. The Hall–Kier alpha value is -2.74. The molecule has 2 aromatic heterocycles. The van der Waals surface area contributed by atoms with Crippen molar-refractivity contribution >= 4 is 28.0 Å². The summed E-state index contributed by atoms with van der Waals surface area (Å²) in [6.07, 6.45) is 2.05. The van der Waals surface area contributed by atoms with Crippen LogP contribution in [0.1, 0.15) is 68.5 Å². The highest BCUT2D eigenvalue weighted by molar-refractivity contribution is 6.74. The van der Waals surface area contributed by atoms with Gasteiger partial charge in [0.25, 0.3) is 0 Å². The van der Waals surface area contributed by atoms with Gasteiger partial charge in [-0.3, -0.25) is 4.57 Å². The molecule has 2 aromatic carbocycles. The molecule has 2 aliphatic heterocycles. The van der Waals surface area contributed by atoms with Crippen molar-refractivity contribution < 1.29 is 18.0 Å². The summed E-state index contributed by atoms with van der Waals surface area (Å²) in [5.74, 6) is 0. The second-order valence-electron chi connectivity index (χ2n) is 16.4. The van der Waals surface area contributed by atoms with E-state index >= 15 is 0 Å². The van der Waals surface area contributed by atoms with Gasteiger partial charge in [0.1, 0.15) is 35.8 Å². The lowest BCUT2D eigenvalue weighted by atomic mass is 10.0. The predicted molar refractivity (Wildman–Crippen MR) is 188 cm³/mol. The van der Waals surface area contributed by atoms with Crippen LogP contribution < -0.4 is 0 Å². The number of hydrogen-bond acceptors (Lipinski definition) is 7. The summed E-state index contributed by atoms with van der Waals surface area (Å²) in [5.41, 5.74) is 5.47. The van der Waals surface area contributed by atoms with Gasteiger partial charge in [0.05, 0.1) is 12.9 Å². The van der Waals surface area contributed by atoms with Gasteiger partial charge >= 0.3 is 8.56 Å². The van der Waals surface area contributed by atoms with Gasteiger partial charge in [-0.2, -0.15) is 0 Å². The molecular weight excluding hydrogens is 609 g/mol. The first-order valence-corrected chi connectivity index (χ1v) is 21.1. The van der Waals surface area contributed by atoms with E-state index in [1.807, 2.05) is 17.0 Å². The summed E-state index contributed by atoms with van der Waals surface area (Å²) in [4.78, 5) is 14.4. The molecule has 0 radical (unpaired) electrons. The lowest BCUT2D eigenvalue weighted by molar-refractivity contribution is -0.0795. The standard InChI is InChI=1S/C36H50N4O4Si2/c1-34(2,3)45(10,11)43-31-30-27(21-41-46(44-30,35(4,5)6)36(7,8)9)42-33(31)40-23-39-29-28(37-22-38-32(29)40)26-19-15-18-25(20-26)24-16-13-12-14-17-24/h12-20,22-23,27,30-31,33H,21H2,1-11H3/t27-,30-,31-,33-/m1/s1. The first kappa shape index (κ1) is 33.2. The quantitative estimate of drug-likeness (QED) is 0.198. The van der Waals surface area contributed by atoms with Crippen LogP contribution in [0.15, 0.2) is 67.3 Å². The van der Waals surface area contributed by atoms with E-state index in [-0.39, 0.29) is 33.4 Å². The third-order valence-electron chi connectivity index (χ3n) is 10.1. The van der Waals surface area contributed by atoms with E-state index in [1.165, 1.54) is 0 Å². The lowest BCUT2D eigenvalue weighted by Gasteiger charge is -2.54. The van der Waals surface area contributed by atoms with E-state index < -0.39 is 23.1 Å². The van der Waals surface area contributed by atoms with Gasteiger partial charge < -0.3 is 18.0 Å². The molecule has 0 spiro atoms. The molecule has 0 amide bonds. The SMILES string of the molecule is CC(C)(C)[Si](C)(C)O[C@@H]1[C@@H]2O[Si](C(C)(C)C)(C(C)(C)C)OC[C@H]2O[C@H]1n1cnc2c(-c3cccc(-c4ccccc4)c3)ncnc21. The summed E-state index contributed by atoms with van der Waals surface area (Å²) in [6.45, 7) is 25.3. The van der Waals surface area contributed by atoms with Crippen LogP contribution in [-0.4, -0.2) is 61.3 Å². The second-order valence-corrected chi connectivity index (χ2v) is 25.9. The number of benzene rings is 2. The predicted octanol–water partition coefficient (Wildman–Crippen LogP) is 8.91. The molecule has 0 aliphatic carbocycles. The van der Waals surface area contributed by atoms with Gasteiger partial charge in [-0.1, -0.05) is 111 Å². The first-order valence-electron chi connectivity index (χ1n) is 16.4. The average Bonchev–Trinajstić information content (AvgIpc) is 3.56. The van der Waals surface area contributed by atoms with E-state index in [4.69, 9.17) is 33.0 Å². The maximum Gasteiger partial charge on any atom is 0.349 e. The molecule has 0 unspecified atom stereocenters. The fourth-order valence-corrected chi connectivity index (χ4v) is 13.2. The van der Waals surface area contributed by atoms with Crippen molar-refractivity contribution in [3.63, 3.8) is 0 Å². The maximum atomic E-state index is 7.31. The minimum atomic E-state index is -2.78. The van der Waals surface area contributed by atoms with Gasteiger partial charge in [0, 0.05) is 15.6 Å². The molecule has 4 aromatic rings. The van der Waals surface area contributed by atoms with Crippen LogP contribution in [-0.2, 0) is 18.0 Å². The van der Waals surface area contributed by atoms with E-state index in [9.17, 15) is 0 Å². The van der Waals surface area contributed by atoms with Crippen LogP contribution in [0.3, 0.4) is 0 Å². The Bertz CT molecular complexity index is 1690. The Morgan fingerprint density at radius 2 is 1.48 bits per heavy atom. The van der Waals surface area contributed by atoms with Crippen LogP contribution in [0.5, 0.6) is 0 Å². The number of aromatic nitrogens is 4. The van der Waals surface area contributed by atoms with Crippen molar-refractivity contribution in [1.29, 1.82) is 0 Å². The summed E-state index contributed by atoms with van der Waals surface area (Å²) in [5, 5.41) is -0.318. The van der Waals surface area contributed by atoms with Crippen molar-refractivity contribution in [3.8, 4) is 22.4 Å². The molecular formula is C36H50N4O4Si2. The summed E-state index contributed by atoms with van der Waals surface area (Å²) < 4.78 is 30.3. The van der Waals surface area contributed by atoms with Crippen LogP contribution in [0.2, 0.25) is 28.2 Å². The van der Waals surface area contributed by atoms with Crippen LogP contribution >= 0.6 is 0 Å². The Balaban J connectivity index is 1.43. The smallest absolute Gasteiger partial charge is 0.349 e. The second kappa shape index (κ2) is 11.5. The molecule has 2 fully saturated rings. The third-order valence-corrected chi connectivity index (χ3v) is 19.7. The normalized spacial score (nSPS) is 23.9. The minimum Gasteiger partial charge on any atom is -0.407 e. The highest BCUT2D eigenvalue weighted by Gasteiger charge is 2.66. The number of hydrogen-bond donors (Lipinski definition) is 0. The van der Waals surface area contributed by atoms with E-state index in [2.05, 4.69) is 124 Å². The average molecular weight is 659 g/mol. The van der Waals surface area contributed by atoms with E-state index in [0.717, 1.165) is 27.9 Å². The van der Waals surface area contributed by atoms with E-state index in [0.29, 0.717) is 12.3 Å². The molecule has 46 heavy (non-hydrogen) atoms. The highest BCUT2D eigenvalue weighted by Crippen LogP contribution is 2.56. The molecule has 0 bridgehead atoms. The fourth-order valence-electron chi connectivity index (χ4n) is 6.91. The van der Waals surface area contributed by atoms with Crippen molar-refractivity contribution in [2.24, 2.45) is 0 Å². The molecule has 4 heterocycles. The zero-order chi connectivity index (χ0) is 33.3. The van der Waals surface area contributed by atoms with E-state index in [1.54, 1.807) is 6.33 Å².